The van der Waals surface area contributed by atoms with Crippen molar-refractivity contribution >= 4 is 16.8 Å². The van der Waals surface area contributed by atoms with Crippen molar-refractivity contribution in [2.75, 3.05) is 6.54 Å². The highest BCUT2D eigenvalue weighted by Gasteiger charge is 2.43. The molecule has 1 aromatic heterocycles. The number of carbonyl (C=O) groups is 1. The van der Waals surface area contributed by atoms with Crippen LogP contribution < -0.4 is 0 Å². The molecule has 1 aliphatic heterocycles. The first-order valence-corrected chi connectivity index (χ1v) is 8.71. The summed E-state index contributed by atoms with van der Waals surface area (Å²) in [5.41, 5.74) is 5.12. The number of carbonyl (C=O) groups excluding carboxylic acids is 1. The number of para-hydroxylation sites is 1. The maximum atomic E-state index is 12.9. The number of amides is 1. The lowest BCUT2D eigenvalue weighted by Crippen LogP contribution is -2.28. The number of nitrogens with one attached hydrogen (secondary N) is 1. The van der Waals surface area contributed by atoms with E-state index in [1.54, 1.807) is 0 Å². The van der Waals surface area contributed by atoms with Crippen molar-refractivity contribution in [3.63, 3.8) is 0 Å². The second-order valence-corrected chi connectivity index (χ2v) is 7.11. The minimum absolute atomic E-state index is 0.147. The number of likely N-dealkylation sites (tertiary alicyclic amines) is 1. The number of rotatable bonds is 2. The van der Waals surface area contributed by atoms with Crippen LogP contribution in [0.3, 0.4) is 0 Å². The van der Waals surface area contributed by atoms with Gasteiger partial charge in [-0.15, -0.1) is 0 Å². The summed E-state index contributed by atoms with van der Waals surface area (Å²) in [6.45, 7) is 1.62. The van der Waals surface area contributed by atoms with Gasteiger partial charge in [-0.05, 0) is 36.0 Å². The molecule has 3 nitrogen and oxygen atoms in total. The van der Waals surface area contributed by atoms with Crippen molar-refractivity contribution in [3.8, 4) is 0 Å². The average molecular weight is 316 g/mol. The third kappa shape index (κ3) is 2.08. The maximum Gasteiger partial charge on any atom is 0.226 e. The molecule has 0 radical (unpaired) electrons. The number of fused-ring (bicyclic) bond motifs is 4. The number of aromatic amines is 1. The zero-order valence-electron chi connectivity index (χ0n) is 13.5. The number of H-pyrrole nitrogens is 1. The van der Waals surface area contributed by atoms with E-state index in [2.05, 4.69) is 46.3 Å². The van der Waals surface area contributed by atoms with E-state index in [-0.39, 0.29) is 5.92 Å². The first-order valence-electron chi connectivity index (χ1n) is 8.71. The summed E-state index contributed by atoms with van der Waals surface area (Å²) in [5.74, 6) is 0.926. The predicted molar refractivity (Wildman–Crippen MR) is 94.5 cm³/mol. The third-order valence-corrected chi connectivity index (χ3v) is 5.66. The third-order valence-electron chi connectivity index (χ3n) is 5.66. The smallest absolute Gasteiger partial charge is 0.226 e. The van der Waals surface area contributed by atoms with Crippen LogP contribution in [0.15, 0.2) is 54.6 Å². The molecule has 1 saturated heterocycles. The van der Waals surface area contributed by atoms with Crippen molar-refractivity contribution in [3.05, 3.63) is 71.4 Å². The van der Waals surface area contributed by atoms with Gasteiger partial charge in [-0.3, -0.25) is 4.79 Å². The van der Waals surface area contributed by atoms with Crippen LogP contribution in [0.2, 0.25) is 0 Å². The SMILES string of the molecule is O=C1C2Cc3[nH]c4ccccc4c3CC2CN1Cc1ccccc1. The molecule has 2 aromatic carbocycles. The van der Waals surface area contributed by atoms with Crippen LogP contribution >= 0.6 is 0 Å². The highest BCUT2D eigenvalue weighted by molar-refractivity contribution is 5.87. The molecule has 1 N–H and O–H groups in total. The molecule has 1 aliphatic carbocycles. The summed E-state index contributed by atoms with van der Waals surface area (Å²) in [6, 6.07) is 18.8. The number of aromatic nitrogens is 1. The molecule has 1 amide bonds. The molecule has 24 heavy (non-hydrogen) atoms. The van der Waals surface area contributed by atoms with Gasteiger partial charge in [0.1, 0.15) is 0 Å². The molecule has 5 rings (SSSR count). The zero-order valence-corrected chi connectivity index (χ0v) is 13.5. The molecule has 3 aromatic rings. The van der Waals surface area contributed by atoms with E-state index < -0.39 is 0 Å². The Morgan fingerprint density at radius 3 is 2.67 bits per heavy atom. The standard InChI is InChI=1S/C21H20N2O/c24-21-17-11-20-18(16-8-4-5-9-19(16)22-20)10-15(17)13-23(21)12-14-6-2-1-3-7-14/h1-9,15,17,22H,10-13H2. The number of benzene rings is 2. The monoisotopic (exact) mass is 316 g/mol. The Kier molecular flexibility index (Phi) is 3.02. The molecule has 2 heterocycles. The van der Waals surface area contributed by atoms with Gasteiger partial charge in [0, 0.05) is 35.6 Å². The number of hydrogen-bond acceptors (Lipinski definition) is 1. The molecule has 0 spiro atoms. The topological polar surface area (TPSA) is 36.1 Å². The second kappa shape index (κ2) is 5.23. The van der Waals surface area contributed by atoms with E-state index in [0.29, 0.717) is 11.8 Å². The van der Waals surface area contributed by atoms with E-state index in [1.807, 2.05) is 18.2 Å². The van der Waals surface area contributed by atoms with E-state index in [1.165, 1.54) is 27.7 Å². The Bertz CT molecular complexity index is 912. The molecule has 120 valence electrons. The van der Waals surface area contributed by atoms with E-state index in [0.717, 1.165) is 25.9 Å². The Hall–Kier alpha value is -2.55. The van der Waals surface area contributed by atoms with Gasteiger partial charge in [0.25, 0.3) is 0 Å². The Labute approximate surface area is 141 Å². The largest absolute Gasteiger partial charge is 0.358 e. The van der Waals surface area contributed by atoms with E-state index >= 15 is 0 Å². The summed E-state index contributed by atoms with van der Waals surface area (Å²) in [6.07, 6.45) is 1.87. The predicted octanol–water partition coefficient (Wildman–Crippen LogP) is 3.54. The van der Waals surface area contributed by atoms with E-state index in [4.69, 9.17) is 0 Å². The van der Waals surface area contributed by atoms with Gasteiger partial charge in [-0.1, -0.05) is 48.5 Å². The Morgan fingerprint density at radius 1 is 1.00 bits per heavy atom. The van der Waals surface area contributed by atoms with Crippen LogP contribution in [0.5, 0.6) is 0 Å². The molecular formula is C21H20N2O. The Balaban J connectivity index is 1.43. The van der Waals surface area contributed by atoms with Crippen molar-refractivity contribution < 1.29 is 4.79 Å². The van der Waals surface area contributed by atoms with Crippen LogP contribution in [0.4, 0.5) is 0 Å². The highest BCUT2D eigenvalue weighted by Crippen LogP contribution is 2.39. The molecule has 0 bridgehead atoms. The molecule has 2 unspecified atom stereocenters. The quantitative estimate of drug-likeness (QED) is 0.771. The molecular weight excluding hydrogens is 296 g/mol. The van der Waals surface area contributed by atoms with Gasteiger partial charge in [-0.25, -0.2) is 0 Å². The average Bonchev–Trinajstić information content (AvgIpc) is 3.12. The lowest BCUT2D eigenvalue weighted by Gasteiger charge is -2.22. The highest BCUT2D eigenvalue weighted by atomic mass is 16.2. The van der Waals surface area contributed by atoms with Crippen LogP contribution in [-0.2, 0) is 24.2 Å². The van der Waals surface area contributed by atoms with Crippen molar-refractivity contribution in [1.29, 1.82) is 0 Å². The van der Waals surface area contributed by atoms with Gasteiger partial charge >= 0.3 is 0 Å². The molecule has 1 fully saturated rings. The lowest BCUT2D eigenvalue weighted by molar-refractivity contribution is -0.131. The molecule has 2 aliphatic rings. The van der Waals surface area contributed by atoms with Gasteiger partial charge in [0.05, 0.1) is 0 Å². The first kappa shape index (κ1) is 13.8. The van der Waals surface area contributed by atoms with Gasteiger partial charge in [0.2, 0.25) is 5.91 Å². The minimum Gasteiger partial charge on any atom is -0.358 e. The zero-order chi connectivity index (χ0) is 16.1. The number of nitrogens with zero attached hydrogens (tertiary/aromatic N) is 1. The maximum absolute atomic E-state index is 12.9. The second-order valence-electron chi connectivity index (χ2n) is 7.11. The summed E-state index contributed by atoms with van der Waals surface area (Å²) >= 11 is 0. The molecule has 0 saturated carbocycles. The van der Waals surface area contributed by atoms with Gasteiger partial charge < -0.3 is 9.88 Å². The van der Waals surface area contributed by atoms with Gasteiger partial charge in [0.15, 0.2) is 0 Å². The fourth-order valence-electron chi connectivity index (χ4n) is 4.49. The number of hydrogen-bond donors (Lipinski definition) is 1. The summed E-state index contributed by atoms with van der Waals surface area (Å²) in [4.78, 5) is 18.5. The van der Waals surface area contributed by atoms with Gasteiger partial charge in [-0.2, -0.15) is 0 Å². The fraction of sp³-hybridized carbons (Fsp3) is 0.286. The lowest BCUT2D eigenvalue weighted by atomic mass is 9.80. The van der Waals surface area contributed by atoms with Crippen molar-refractivity contribution in [2.24, 2.45) is 11.8 Å². The van der Waals surface area contributed by atoms with Crippen LogP contribution in [-0.4, -0.2) is 22.3 Å². The van der Waals surface area contributed by atoms with Crippen LogP contribution in [0.1, 0.15) is 16.8 Å². The molecule has 3 heteroatoms. The summed E-state index contributed by atoms with van der Waals surface area (Å²) in [7, 11) is 0. The fourth-order valence-corrected chi connectivity index (χ4v) is 4.49. The van der Waals surface area contributed by atoms with Crippen molar-refractivity contribution in [1.82, 2.24) is 9.88 Å². The summed E-state index contributed by atoms with van der Waals surface area (Å²) < 4.78 is 0. The normalized spacial score (nSPS) is 22.7. The van der Waals surface area contributed by atoms with Crippen molar-refractivity contribution in [2.45, 2.75) is 19.4 Å². The van der Waals surface area contributed by atoms with Crippen LogP contribution in [0.25, 0.3) is 10.9 Å². The van der Waals surface area contributed by atoms with Crippen LogP contribution in [0, 0.1) is 11.8 Å². The minimum atomic E-state index is 0.147. The van der Waals surface area contributed by atoms with E-state index in [9.17, 15) is 4.79 Å². The Morgan fingerprint density at radius 2 is 1.79 bits per heavy atom. The summed E-state index contributed by atoms with van der Waals surface area (Å²) in [5, 5.41) is 1.33. The molecule has 2 atom stereocenters. The first-order chi connectivity index (χ1) is 11.8.